The van der Waals surface area contributed by atoms with E-state index in [-0.39, 0.29) is 34.2 Å². The van der Waals surface area contributed by atoms with E-state index >= 15 is 0 Å². The lowest BCUT2D eigenvalue weighted by Gasteiger charge is -2.24. The number of ether oxygens (including phenoxy) is 2. The number of carbonyl (C=O) groups excluding carboxylic acids is 2. The number of carbonyl (C=O) groups is 2. The summed E-state index contributed by atoms with van der Waals surface area (Å²) in [6.45, 7) is 2.38. The molecule has 0 spiro atoms. The van der Waals surface area contributed by atoms with Gasteiger partial charge in [-0.15, -0.1) is 0 Å². The smallest absolute Gasteiger partial charge is 0.264 e. The third kappa shape index (κ3) is 8.53. The number of sulfonamides is 1. The SMILES string of the molecule is Cc1ccc(S(=O)(=O)N(CC(=O)N/N=C\c2ccc(OCC(=O)NC[C@H]3CCCO3)cc2)c2ccccc2Cl)cc1. The van der Waals surface area contributed by atoms with E-state index in [4.69, 9.17) is 21.1 Å². The molecule has 2 N–H and O–H groups in total. The fourth-order valence-electron chi connectivity index (χ4n) is 4.02. The van der Waals surface area contributed by atoms with Crippen molar-refractivity contribution in [1.29, 1.82) is 0 Å². The largest absolute Gasteiger partial charge is 0.484 e. The van der Waals surface area contributed by atoms with Crippen LogP contribution in [-0.2, 0) is 24.3 Å². The zero-order chi connectivity index (χ0) is 29.2. The van der Waals surface area contributed by atoms with Crippen LogP contribution in [0.2, 0.25) is 5.02 Å². The summed E-state index contributed by atoms with van der Waals surface area (Å²) in [5.41, 5.74) is 4.08. The minimum atomic E-state index is -4.10. The number of aryl methyl sites for hydroxylation is 1. The summed E-state index contributed by atoms with van der Waals surface area (Å²) in [5.74, 6) is -0.398. The van der Waals surface area contributed by atoms with Crippen molar-refractivity contribution in [2.75, 3.05) is 30.6 Å². The van der Waals surface area contributed by atoms with Gasteiger partial charge < -0.3 is 14.8 Å². The van der Waals surface area contributed by atoms with Gasteiger partial charge >= 0.3 is 0 Å². The predicted octanol–water partition coefficient (Wildman–Crippen LogP) is 3.67. The van der Waals surface area contributed by atoms with E-state index in [0.717, 1.165) is 29.3 Å². The molecule has 1 heterocycles. The number of anilines is 1. The van der Waals surface area contributed by atoms with Crippen LogP contribution in [0.15, 0.2) is 82.8 Å². The molecule has 1 saturated heterocycles. The summed E-state index contributed by atoms with van der Waals surface area (Å²) in [5, 5.41) is 6.92. The second-order valence-corrected chi connectivity index (χ2v) is 11.6. The van der Waals surface area contributed by atoms with Crippen LogP contribution in [-0.4, -0.2) is 58.9 Å². The first-order chi connectivity index (χ1) is 19.7. The van der Waals surface area contributed by atoms with E-state index in [9.17, 15) is 18.0 Å². The molecule has 1 fully saturated rings. The Balaban J connectivity index is 1.33. The number of nitrogens with zero attached hydrogens (tertiary/aromatic N) is 2. The molecule has 0 aliphatic carbocycles. The van der Waals surface area contributed by atoms with E-state index in [2.05, 4.69) is 15.8 Å². The van der Waals surface area contributed by atoms with Crippen LogP contribution >= 0.6 is 11.6 Å². The second kappa shape index (κ2) is 14.1. The maximum atomic E-state index is 13.5. The number of para-hydroxylation sites is 1. The number of hydrogen-bond acceptors (Lipinski definition) is 7. The molecular formula is C29H31ClN4O6S. The maximum Gasteiger partial charge on any atom is 0.264 e. The molecule has 1 aliphatic rings. The number of nitrogens with one attached hydrogen (secondary N) is 2. The summed E-state index contributed by atoms with van der Waals surface area (Å²) >= 11 is 6.30. The van der Waals surface area contributed by atoms with Gasteiger partial charge in [-0.1, -0.05) is 41.4 Å². The van der Waals surface area contributed by atoms with E-state index in [1.807, 2.05) is 6.92 Å². The van der Waals surface area contributed by atoms with Crippen molar-refractivity contribution in [2.24, 2.45) is 5.10 Å². The van der Waals surface area contributed by atoms with Crippen molar-refractivity contribution in [3.63, 3.8) is 0 Å². The Hall–Kier alpha value is -3.93. The summed E-state index contributed by atoms with van der Waals surface area (Å²) < 4.78 is 38.9. The molecule has 3 aromatic carbocycles. The third-order valence-corrected chi connectivity index (χ3v) is 8.31. The first-order valence-corrected chi connectivity index (χ1v) is 14.8. The first kappa shape index (κ1) is 30.0. The van der Waals surface area contributed by atoms with Gasteiger partial charge in [-0.05, 0) is 73.9 Å². The van der Waals surface area contributed by atoms with E-state index in [1.54, 1.807) is 54.6 Å². The highest BCUT2D eigenvalue weighted by Crippen LogP contribution is 2.30. The van der Waals surface area contributed by atoms with Gasteiger partial charge in [0.1, 0.15) is 12.3 Å². The molecule has 0 radical (unpaired) electrons. The average Bonchev–Trinajstić information content (AvgIpc) is 3.49. The normalized spacial score (nSPS) is 15.0. The standard InChI is InChI=1S/C29H31ClN4O6S/c1-21-8-14-25(15-9-21)41(37,38)34(27-7-3-2-6-26(27)30)19-28(35)33-32-17-22-10-12-23(13-11-22)40-20-29(36)31-18-24-5-4-16-39-24/h2-3,6-15,17,24H,4-5,16,18-20H2,1H3,(H,31,36)(H,33,35)/b32-17-/t24-/m1/s1. The molecule has 1 atom stereocenters. The lowest BCUT2D eigenvalue weighted by atomic mass is 10.2. The van der Waals surface area contributed by atoms with Gasteiger partial charge in [0, 0.05) is 13.2 Å². The molecule has 4 rings (SSSR count). The van der Waals surface area contributed by atoms with Crippen LogP contribution in [0.4, 0.5) is 5.69 Å². The number of halogens is 1. The van der Waals surface area contributed by atoms with Crippen molar-refractivity contribution < 1.29 is 27.5 Å². The van der Waals surface area contributed by atoms with Crippen molar-refractivity contribution in [2.45, 2.75) is 30.8 Å². The lowest BCUT2D eigenvalue weighted by molar-refractivity contribution is -0.123. The molecule has 3 aromatic rings. The monoisotopic (exact) mass is 598 g/mol. The second-order valence-electron chi connectivity index (χ2n) is 9.37. The molecule has 0 bridgehead atoms. The fraction of sp³-hybridized carbons (Fsp3) is 0.276. The number of amides is 2. The lowest BCUT2D eigenvalue weighted by Crippen LogP contribution is -2.39. The number of hydrazone groups is 1. The predicted molar refractivity (Wildman–Crippen MR) is 157 cm³/mol. The van der Waals surface area contributed by atoms with Gasteiger partial charge in [-0.3, -0.25) is 13.9 Å². The molecule has 0 unspecified atom stereocenters. The van der Waals surface area contributed by atoms with E-state index in [0.29, 0.717) is 17.9 Å². The summed E-state index contributed by atoms with van der Waals surface area (Å²) in [6, 6.07) is 19.5. The Bertz CT molecular complexity index is 1470. The number of hydrogen-bond donors (Lipinski definition) is 2. The Kier molecular flexibility index (Phi) is 10.3. The van der Waals surface area contributed by atoms with Gasteiger partial charge in [0.25, 0.3) is 21.8 Å². The number of benzene rings is 3. The Morgan fingerprint density at radius 3 is 2.49 bits per heavy atom. The van der Waals surface area contributed by atoms with Gasteiger partial charge in [-0.2, -0.15) is 5.10 Å². The number of rotatable bonds is 12. The average molecular weight is 599 g/mol. The summed E-state index contributed by atoms with van der Waals surface area (Å²) in [7, 11) is -4.10. The van der Waals surface area contributed by atoms with Crippen LogP contribution in [0.25, 0.3) is 0 Å². The van der Waals surface area contributed by atoms with Gasteiger partial charge in [0.05, 0.1) is 27.9 Å². The van der Waals surface area contributed by atoms with Crippen LogP contribution in [0.1, 0.15) is 24.0 Å². The van der Waals surface area contributed by atoms with Crippen LogP contribution < -0.4 is 19.8 Å². The highest BCUT2D eigenvalue weighted by Gasteiger charge is 2.28. The minimum Gasteiger partial charge on any atom is -0.484 e. The van der Waals surface area contributed by atoms with E-state index in [1.165, 1.54) is 24.4 Å². The molecule has 1 aliphatic heterocycles. The molecule has 0 saturated carbocycles. The van der Waals surface area contributed by atoms with E-state index < -0.39 is 22.5 Å². The highest BCUT2D eigenvalue weighted by atomic mass is 35.5. The summed E-state index contributed by atoms with van der Waals surface area (Å²) in [4.78, 5) is 24.8. The molecule has 10 nitrogen and oxygen atoms in total. The molecular weight excluding hydrogens is 568 g/mol. The molecule has 216 valence electrons. The summed E-state index contributed by atoms with van der Waals surface area (Å²) in [6.07, 6.45) is 3.42. The Labute approximate surface area is 244 Å². The van der Waals surface area contributed by atoms with Crippen LogP contribution in [0.5, 0.6) is 5.75 Å². The van der Waals surface area contributed by atoms with Crippen molar-refractivity contribution in [1.82, 2.24) is 10.7 Å². The molecule has 0 aromatic heterocycles. The van der Waals surface area contributed by atoms with Crippen LogP contribution in [0.3, 0.4) is 0 Å². The third-order valence-electron chi connectivity index (χ3n) is 6.22. The van der Waals surface area contributed by atoms with Gasteiger partial charge in [0.2, 0.25) is 0 Å². The fourth-order valence-corrected chi connectivity index (χ4v) is 5.75. The molecule has 12 heteroatoms. The Morgan fingerprint density at radius 1 is 1.07 bits per heavy atom. The van der Waals surface area contributed by atoms with Gasteiger partial charge in [0.15, 0.2) is 6.61 Å². The minimum absolute atomic E-state index is 0.0296. The van der Waals surface area contributed by atoms with Crippen molar-refractivity contribution in [3.05, 3.63) is 88.9 Å². The van der Waals surface area contributed by atoms with Crippen molar-refractivity contribution >= 4 is 45.3 Å². The topological polar surface area (TPSA) is 126 Å². The maximum absolute atomic E-state index is 13.5. The first-order valence-electron chi connectivity index (χ1n) is 13.0. The van der Waals surface area contributed by atoms with Gasteiger partial charge in [-0.25, -0.2) is 13.8 Å². The molecule has 2 amide bonds. The molecule has 41 heavy (non-hydrogen) atoms. The zero-order valence-electron chi connectivity index (χ0n) is 22.5. The van der Waals surface area contributed by atoms with Crippen molar-refractivity contribution in [3.8, 4) is 5.75 Å². The Morgan fingerprint density at radius 2 is 1.80 bits per heavy atom. The van der Waals surface area contributed by atoms with Crippen LogP contribution in [0, 0.1) is 6.92 Å². The zero-order valence-corrected chi connectivity index (χ0v) is 24.0. The highest BCUT2D eigenvalue weighted by molar-refractivity contribution is 7.92. The quantitative estimate of drug-likeness (QED) is 0.242.